The molecule has 2 aromatic heterocycles. The number of pyridine rings is 2. The minimum atomic E-state index is 0.925. The average molecular weight is 284 g/mol. The lowest BCUT2D eigenvalue weighted by molar-refractivity contribution is 1.33. The number of fused-ring (bicyclic) bond motifs is 2. The van der Waals surface area contributed by atoms with Crippen molar-refractivity contribution in [1.82, 2.24) is 9.97 Å². The van der Waals surface area contributed by atoms with Gasteiger partial charge < -0.3 is 0 Å². The molecule has 0 saturated carbocycles. The van der Waals surface area contributed by atoms with E-state index in [0.29, 0.717) is 0 Å². The summed E-state index contributed by atoms with van der Waals surface area (Å²) in [7, 11) is 0. The fraction of sp³-hybridized carbons (Fsp3) is 0. The SMILES string of the molecule is C=Cc1cc2ccccc2cn1.c1ccc2ncccc2c1. The second-order valence-corrected chi connectivity index (χ2v) is 4.86. The zero-order valence-corrected chi connectivity index (χ0v) is 12.2. The van der Waals surface area contributed by atoms with E-state index < -0.39 is 0 Å². The molecule has 4 rings (SSSR count). The summed E-state index contributed by atoms with van der Waals surface area (Å²) in [5.74, 6) is 0. The number of para-hydroxylation sites is 1. The second kappa shape index (κ2) is 6.64. The van der Waals surface area contributed by atoms with Crippen LogP contribution in [0.1, 0.15) is 5.69 Å². The van der Waals surface area contributed by atoms with E-state index in [1.54, 1.807) is 6.08 Å². The number of aromatic nitrogens is 2. The lowest BCUT2D eigenvalue weighted by Gasteiger charge is -1.96. The van der Waals surface area contributed by atoms with Crippen LogP contribution in [0, 0.1) is 0 Å². The van der Waals surface area contributed by atoms with E-state index in [0.717, 1.165) is 11.2 Å². The molecule has 2 heteroatoms. The van der Waals surface area contributed by atoms with Crippen molar-refractivity contribution in [3.8, 4) is 0 Å². The highest BCUT2D eigenvalue weighted by atomic mass is 14.7. The first-order valence-corrected chi connectivity index (χ1v) is 7.14. The Labute approximate surface area is 129 Å². The first kappa shape index (κ1) is 14.0. The molecule has 2 aromatic carbocycles. The van der Waals surface area contributed by atoms with Gasteiger partial charge in [0, 0.05) is 23.2 Å². The molecular weight excluding hydrogens is 268 g/mol. The van der Waals surface area contributed by atoms with Gasteiger partial charge in [0.15, 0.2) is 0 Å². The van der Waals surface area contributed by atoms with Gasteiger partial charge in [-0.05, 0) is 29.7 Å². The Morgan fingerprint density at radius 2 is 1.41 bits per heavy atom. The molecule has 0 aliphatic heterocycles. The molecule has 106 valence electrons. The fourth-order valence-electron chi connectivity index (χ4n) is 2.23. The molecular formula is C20H16N2. The van der Waals surface area contributed by atoms with Gasteiger partial charge in [-0.15, -0.1) is 0 Å². The molecule has 0 fully saturated rings. The predicted molar refractivity (Wildman–Crippen MR) is 93.6 cm³/mol. The molecule has 0 amide bonds. The van der Waals surface area contributed by atoms with Gasteiger partial charge in [0.25, 0.3) is 0 Å². The molecule has 2 nitrogen and oxygen atoms in total. The summed E-state index contributed by atoms with van der Waals surface area (Å²) >= 11 is 0. The summed E-state index contributed by atoms with van der Waals surface area (Å²) in [6.07, 6.45) is 5.43. The van der Waals surface area contributed by atoms with Gasteiger partial charge in [-0.2, -0.15) is 0 Å². The van der Waals surface area contributed by atoms with Crippen molar-refractivity contribution in [2.24, 2.45) is 0 Å². The molecule has 4 aromatic rings. The number of rotatable bonds is 1. The molecule has 0 spiro atoms. The Bertz CT molecular complexity index is 848. The van der Waals surface area contributed by atoms with Crippen LogP contribution in [0.25, 0.3) is 27.8 Å². The average Bonchev–Trinajstić information content (AvgIpc) is 2.62. The monoisotopic (exact) mass is 284 g/mol. The predicted octanol–water partition coefficient (Wildman–Crippen LogP) is 5.11. The third-order valence-electron chi connectivity index (χ3n) is 3.37. The lowest BCUT2D eigenvalue weighted by atomic mass is 10.1. The zero-order chi connectivity index (χ0) is 15.2. The van der Waals surface area contributed by atoms with Gasteiger partial charge >= 0.3 is 0 Å². The first-order chi connectivity index (χ1) is 10.9. The van der Waals surface area contributed by atoms with E-state index in [1.807, 2.05) is 54.9 Å². The summed E-state index contributed by atoms with van der Waals surface area (Å²) < 4.78 is 0. The Morgan fingerprint density at radius 1 is 0.727 bits per heavy atom. The van der Waals surface area contributed by atoms with Crippen LogP contribution in [0.4, 0.5) is 0 Å². The van der Waals surface area contributed by atoms with Gasteiger partial charge in [0.05, 0.1) is 11.2 Å². The van der Waals surface area contributed by atoms with Crippen molar-refractivity contribution in [3.05, 3.63) is 91.4 Å². The maximum atomic E-state index is 4.21. The third-order valence-corrected chi connectivity index (χ3v) is 3.37. The fourth-order valence-corrected chi connectivity index (χ4v) is 2.23. The van der Waals surface area contributed by atoms with Crippen molar-refractivity contribution >= 4 is 27.8 Å². The van der Waals surface area contributed by atoms with Gasteiger partial charge in [0.1, 0.15) is 0 Å². The summed E-state index contributed by atoms with van der Waals surface area (Å²) in [5, 5.41) is 3.58. The highest BCUT2D eigenvalue weighted by Crippen LogP contribution is 2.13. The van der Waals surface area contributed by atoms with Crippen molar-refractivity contribution in [2.75, 3.05) is 0 Å². The molecule has 0 aliphatic rings. The van der Waals surface area contributed by atoms with E-state index in [2.05, 4.69) is 40.8 Å². The number of hydrogen-bond donors (Lipinski definition) is 0. The van der Waals surface area contributed by atoms with Crippen molar-refractivity contribution < 1.29 is 0 Å². The number of benzene rings is 2. The van der Waals surface area contributed by atoms with Gasteiger partial charge in [-0.3, -0.25) is 9.97 Å². The van der Waals surface area contributed by atoms with Crippen LogP contribution >= 0.6 is 0 Å². The summed E-state index contributed by atoms with van der Waals surface area (Å²) in [6.45, 7) is 3.68. The standard InChI is InChI=1S/C11H9N.C9H7N/c1-2-11-7-9-5-3-4-6-10(9)8-12-11;1-2-6-9-8(4-1)5-3-7-10-9/h2-8H,1H2;1-7H. The van der Waals surface area contributed by atoms with Gasteiger partial charge in [-0.1, -0.05) is 55.1 Å². The van der Waals surface area contributed by atoms with E-state index in [4.69, 9.17) is 0 Å². The minimum absolute atomic E-state index is 0.925. The normalized spacial score (nSPS) is 10.0. The summed E-state index contributed by atoms with van der Waals surface area (Å²) in [4.78, 5) is 8.39. The number of nitrogens with zero attached hydrogens (tertiary/aromatic N) is 2. The smallest absolute Gasteiger partial charge is 0.0701 e. The highest BCUT2D eigenvalue weighted by molar-refractivity contribution is 5.82. The zero-order valence-electron chi connectivity index (χ0n) is 12.2. The Balaban J connectivity index is 0.000000133. The molecule has 0 atom stereocenters. The van der Waals surface area contributed by atoms with Crippen molar-refractivity contribution in [3.63, 3.8) is 0 Å². The Morgan fingerprint density at radius 3 is 2.18 bits per heavy atom. The van der Waals surface area contributed by atoms with Crippen LogP contribution in [0.2, 0.25) is 0 Å². The molecule has 22 heavy (non-hydrogen) atoms. The topological polar surface area (TPSA) is 25.8 Å². The molecule has 0 saturated heterocycles. The van der Waals surface area contributed by atoms with E-state index in [-0.39, 0.29) is 0 Å². The lowest BCUT2D eigenvalue weighted by Crippen LogP contribution is -1.79. The largest absolute Gasteiger partial charge is 0.256 e. The van der Waals surface area contributed by atoms with E-state index in [1.165, 1.54) is 16.2 Å². The van der Waals surface area contributed by atoms with Gasteiger partial charge in [-0.25, -0.2) is 0 Å². The Kier molecular flexibility index (Phi) is 4.21. The molecule has 0 aliphatic carbocycles. The third kappa shape index (κ3) is 3.18. The van der Waals surface area contributed by atoms with Crippen LogP contribution in [0.5, 0.6) is 0 Å². The van der Waals surface area contributed by atoms with Crippen molar-refractivity contribution in [2.45, 2.75) is 0 Å². The molecule has 0 bridgehead atoms. The molecule has 0 N–H and O–H groups in total. The highest BCUT2D eigenvalue weighted by Gasteiger charge is 1.92. The van der Waals surface area contributed by atoms with Crippen molar-refractivity contribution in [1.29, 1.82) is 0 Å². The second-order valence-electron chi connectivity index (χ2n) is 4.86. The van der Waals surface area contributed by atoms with Crippen LogP contribution in [-0.4, -0.2) is 9.97 Å². The molecule has 2 heterocycles. The summed E-state index contributed by atoms with van der Waals surface area (Å²) in [5.41, 5.74) is 1.98. The first-order valence-electron chi connectivity index (χ1n) is 7.14. The van der Waals surface area contributed by atoms with E-state index >= 15 is 0 Å². The maximum absolute atomic E-state index is 4.21. The van der Waals surface area contributed by atoms with Crippen LogP contribution in [0.3, 0.4) is 0 Å². The maximum Gasteiger partial charge on any atom is 0.0701 e. The quantitative estimate of drug-likeness (QED) is 0.485. The molecule has 0 unspecified atom stereocenters. The van der Waals surface area contributed by atoms with Crippen LogP contribution < -0.4 is 0 Å². The summed E-state index contributed by atoms with van der Waals surface area (Å²) in [6, 6.07) is 22.3. The molecule has 0 radical (unpaired) electrons. The van der Waals surface area contributed by atoms with E-state index in [9.17, 15) is 0 Å². The van der Waals surface area contributed by atoms with Gasteiger partial charge in [0.2, 0.25) is 0 Å². The van der Waals surface area contributed by atoms with Crippen LogP contribution in [-0.2, 0) is 0 Å². The minimum Gasteiger partial charge on any atom is -0.256 e. The Hall–Kier alpha value is -3.00. The number of hydrogen-bond acceptors (Lipinski definition) is 2. The van der Waals surface area contributed by atoms with Crippen LogP contribution in [0.15, 0.2) is 85.7 Å².